The van der Waals surface area contributed by atoms with Gasteiger partial charge in [0.05, 0.1) is 32.2 Å². The Hall–Kier alpha value is -6.27. The molecule has 0 aliphatic carbocycles. The maximum atomic E-state index is 13.4. The van der Waals surface area contributed by atoms with E-state index in [1.54, 1.807) is 32.1 Å². The van der Waals surface area contributed by atoms with Gasteiger partial charge >= 0.3 is 0 Å². The highest BCUT2D eigenvalue weighted by molar-refractivity contribution is 7.91. The van der Waals surface area contributed by atoms with Crippen molar-refractivity contribution in [1.29, 1.82) is 0 Å². The number of sulfonamides is 1. The number of nitrogens with two attached hydrogens (primary N) is 1. The first kappa shape index (κ1) is 59.8. The fourth-order valence-electron chi connectivity index (χ4n) is 10.0. The van der Waals surface area contributed by atoms with E-state index in [-0.39, 0.29) is 56.8 Å². The Morgan fingerprint density at radius 1 is 0.750 bits per heavy atom. The first-order valence-electron chi connectivity index (χ1n) is 23.6. The Morgan fingerprint density at radius 3 is 1.96 bits per heavy atom. The predicted octanol–water partition coefficient (Wildman–Crippen LogP) is 5.90. The molecule has 2 aliphatic heterocycles. The molecule has 4 heterocycles. The number of hydrogen-bond donors (Lipinski definition) is 7. The lowest BCUT2D eigenvalue weighted by atomic mass is 9.79. The molecule has 0 bridgehead atoms. The molecule has 80 heavy (non-hydrogen) atoms. The first-order valence-corrected chi connectivity index (χ1v) is 33.3. The quantitative estimate of drug-likeness (QED) is 0.0228. The lowest BCUT2D eigenvalue weighted by Gasteiger charge is -2.27. The van der Waals surface area contributed by atoms with Crippen LogP contribution in [0.25, 0.3) is 27.1 Å². The van der Waals surface area contributed by atoms with E-state index >= 15 is 0 Å². The molecule has 1 amide bonds. The summed E-state index contributed by atoms with van der Waals surface area (Å²) in [6.45, 7) is 9.09. The van der Waals surface area contributed by atoms with Crippen LogP contribution >= 0.6 is 11.3 Å². The molecule has 32 heteroatoms. The van der Waals surface area contributed by atoms with E-state index in [4.69, 9.17) is 5.14 Å². The monoisotopic (exact) mass is 1240 g/mol. The number of rotatable bonds is 18. The van der Waals surface area contributed by atoms with Gasteiger partial charge in [-0.3, -0.25) is 37.9 Å². The number of allylic oxidation sites excluding steroid dienone is 6. The van der Waals surface area contributed by atoms with Gasteiger partial charge in [-0.15, -0.1) is 10.2 Å². The number of pyridine rings is 1. The van der Waals surface area contributed by atoms with Crippen molar-refractivity contribution in [2.24, 2.45) is 5.14 Å². The molecule has 2 aliphatic rings. The fourth-order valence-corrected chi connectivity index (χ4v) is 14.5. The molecule has 0 fully saturated rings. The molecule has 8 rings (SSSR count). The average molecular weight is 1240 g/mol. The van der Waals surface area contributed by atoms with E-state index in [2.05, 4.69) is 25.1 Å². The second kappa shape index (κ2) is 20.9. The molecular weight excluding hydrogens is 1190 g/mol. The van der Waals surface area contributed by atoms with E-state index in [0.29, 0.717) is 46.9 Å². The second-order valence-corrected chi connectivity index (χ2v) is 29.5. The standard InChI is InChI=1S/C48H49N7O18S7/c1-6-7-19-54-35-16-11-27-9-14-30(77(62,63)64)22-32(27)42(35)47(2,3)39(54)17-12-28(34-15-10-29(26-50-34)44(56)51-45-52-53-46(74-45)76(49,60)61)13-18-40-48(4,5)43-33-23-31(78(65,66)67)24-37(79(68,69)70)41(33)38(80(71,72)73)25-36(43)55(40)20-8-21-75(57,58)59/h9-18,22-26H,6-8,19-21H2,1-5H3,(H7-,49,51,52,56,57,58,59,60,61,62,63,64,65,66,67,68,69,70,71,72,73)/p+1. The molecule has 0 spiro atoms. The molecule has 2 aromatic heterocycles. The molecule has 25 nitrogen and oxygen atoms in total. The number of amides is 1. The maximum absolute atomic E-state index is 13.4. The van der Waals surface area contributed by atoms with Crippen LogP contribution in [0.5, 0.6) is 0 Å². The van der Waals surface area contributed by atoms with Gasteiger partial charge in [-0.25, -0.2) is 13.6 Å². The zero-order valence-electron chi connectivity index (χ0n) is 42.6. The molecule has 0 saturated heterocycles. The Morgan fingerprint density at radius 2 is 1.39 bits per heavy atom. The van der Waals surface area contributed by atoms with Crippen molar-refractivity contribution in [3.63, 3.8) is 0 Å². The molecule has 0 radical (unpaired) electrons. The molecule has 6 aromatic rings. The average Bonchev–Trinajstić information content (AvgIpc) is 4.13. The van der Waals surface area contributed by atoms with Crippen LogP contribution in [0.2, 0.25) is 0 Å². The number of hydrogen-bond acceptors (Lipinski definition) is 18. The molecular formula is C48H50N7O18S7+. The molecule has 8 N–H and O–H groups in total. The van der Waals surface area contributed by atoms with Gasteiger partial charge in [0.25, 0.3) is 66.5 Å². The number of aromatic nitrogens is 3. The van der Waals surface area contributed by atoms with E-state index in [9.17, 15) is 78.1 Å². The summed E-state index contributed by atoms with van der Waals surface area (Å²) in [7, 11) is -29.8. The number of unbranched alkanes of at least 4 members (excludes halogenated alkanes) is 1. The van der Waals surface area contributed by atoms with E-state index in [1.165, 1.54) is 47.5 Å². The highest BCUT2D eigenvalue weighted by Crippen LogP contribution is 2.54. The number of anilines is 2. The Balaban J connectivity index is 1.37. The van der Waals surface area contributed by atoms with Gasteiger partial charge in [-0.1, -0.05) is 50.7 Å². The van der Waals surface area contributed by atoms with Gasteiger partial charge in [-0.2, -0.15) is 46.7 Å². The minimum Gasteiger partial charge on any atom is -0.344 e. The topological polar surface area (TPSA) is 406 Å². The molecule has 0 saturated carbocycles. The summed E-state index contributed by atoms with van der Waals surface area (Å²) in [5.74, 6) is -1.61. The summed E-state index contributed by atoms with van der Waals surface area (Å²) in [5.41, 5.74) is 0.175. The summed E-state index contributed by atoms with van der Waals surface area (Å²) in [4.78, 5) is 15.5. The zero-order valence-corrected chi connectivity index (χ0v) is 48.3. The highest BCUT2D eigenvalue weighted by atomic mass is 32.3. The molecule has 426 valence electrons. The van der Waals surface area contributed by atoms with Gasteiger partial charge in [0.1, 0.15) is 16.3 Å². The fraction of sp³-hybridized carbons (Fsp3) is 0.271. The number of carbonyl (C=O) groups is 1. The highest BCUT2D eigenvalue weighted by Gasteiger charge is 2.47. The van der Waals surface area contributed by atoms with Gasteiger partial charge in [0, 0.05) is 64.6 Å². The van der Waals surface area contributed by atoms with Crippen LogP contribution in [0, 0.1) is 0 Å². The van der Waals surface area contributed by atoms with Crippen molar-refractivity contribution in [1.82, 2.24) is 15.2 Å². The van der Waals surface area contributed by atoms with Crippen LogP contribution in [-0.2, 0) is 71.4 Å². The summed E-state index contributed by atoms with van der Waals surface area (Å²) in [6.07, 6.45) is 8.80. The van der Waals surface area contributed by atoms with E-state index < -0.39 is 113 Å². The van der Waals surface area contributed by atoms with E-state index in [1.807, 2.05) is 32.9 Å². The normalized spacial score (nSPS) is 16.6. The second-order valence-electron chi connectivity index (χ2n) is 19.6. The Kier molecular flexibility index (Phi) is 15.7. The number of carbonyl (C=O) groups excluding carboxylic acids is 1. The Labute approximate surface area is 464 Å². The number of nitrogens with zero attached hydrogens (tertiary/aromatic N) is 5. The van der Waals surface area contributed by atoms with Crippen molar-refractivity contribution < 1.29 is 82.6 Å². The first-order chi connectivity index (χ1) is 36.8. The van der Waals surface area contributed by atoms with Crippen LogP contribution in [0.1, 0.15) is 81.1 Å². The van der Waals surface area contributed by atoms with Crippen molar-refractivity contribution in [2.75, 3.05) is 29.1 Å². The smallest absolute Gasteiger partial charge is 0.295 e. The molecule has 4 aromatic carbocycles. The van der Waals surface area contributed by atoms with Gasteiger partial charge in [-0.05, 0) is 103 Å². The van der Waals surface area contributed by atoms with Crippen molar-refractivity contribution in [3.8, 4) is 0 Å². The van der Waals surface area contributed by atoms with Crippen molar-refractivity contribution in [3.05, 3.63) is 119 Å². The third-order valence-corrected chi connectivity index (χ3v) is 19.9. The van der Waals surface area contributed by atoms with Crippen LogP contribution < -0.4 is 15.4 Å². The zero-order chi connectivity index (χ0) is 59.1. The number of primary sulfonamides is 1. The van der Waals surface area contributed by atoms with E-state index in [0.717, 1.165) is 29.8 Å². The number of fused-ring (bicyclic) bond motifs is 6. The van der Waals surface area contributed by atoms with Crippen molar-refractivity contribution >= 4 is 127 Å². The summed E-state index contributed by atoms with van der Waals surface area (Å²) in [5, 5.41) is 14.4. The predicted molar refractivity (Wildman–Crippen MR) is 295 cm³/mol. The summed E-state index contributed by atoms with van der Waals surface area (Å²) < 4.78 is 203. The lowest BCUT2D eigenvalue weighted by molar-refractivity contribution is -0.438. The minimum absolute atomic E-state index is 0.0315. The maximum Gasteiger partial charge on any atom is 0.295 e. The Bertz CT molecular complexity index is 4480. The largest absolute Gasteiger partial charge is 0.344 e. The molecule has 0 atom stereocenters. The SMILES string of the molecule is CCCC[N+]1=C(/C=C/C(=C/C=C2/N(CCCS(=O)(=O)O)c3cc(S(=O)(=O)O)c4c(S(=O)(=O)O)cc(S(=O)(=O)O)cc4c3C2(C)C)c2ccc(C(=O)Nc3nnc(S(N)(=O)=O)s3)cn2)C(C)(C)c2c1ccc1ccc(S(=O)(=O)O)cc21. The third kappa shape index (κ3) is 11.9. The number of nitrogens with one attached hydrogen (secondary N) is 1. The summed E-state index contributed by atoms with van der Waals surface area (Å²) in [6, 6.07) is 12.7. The van der Waals surface area contributed by atoms with Gasteiger partial charge in [0.2, 0.25) is 15.2 Å². The van der Waals surface area contributed by atoms with Crippen LogP contribution in [0.4, 0.5) is 16.5 Å². The van der Waals surface area contributed by atoms with Crippen LogP contribution in [0.15, 0.2) is 121 Å². The van der Waals surface area contributed by atoms with Crippen LogP contribution in [-0.4, -0.2) is 123 Å². The van der Waals surface area contributed by atoms with Gasteiger partial charge < -0.3 is 4.90 Å². The summed E-state index contributed by atoms with van der Waals surface area (Å²) >= 11 is 0.497. The third-order valence-electron chi connectivity index (χ3n) is 13.5. The number of benzene rings is 4. The van der Waals surface area contributed by atoms with Crippen molar-refractivity contribution in [2.45, 2.75) is 88.6 Å². The lowest BCUT2D eigenvalue weighted by Crippen LogP contribution is -2.28. The van der Waals surface area contributed by atoms with Gasteiger partial charge in [0.15, 0.2) is 5.71 Å². The molecule has 0 unspecified atom stereocenters. The minimum atomic E-state index is -5.55. The van der Waals surface area contributed by atoms with Crippen LogP contribution in [0.3, 0.4) is 0 Å².